The number of nitrogens with one attached hydrogen (secondary N) is 1. The number of phenolic OH excluding ortho intramolecular Hbond substituents is 1. The number of piperazine rings is 1. The van der Waals surface area contributed by atoms with E-state index in [-0.39, 0.29) is 17.6 Å². The van der Waals surface area contributed by atoms with E-state index in [4.69, 9.17) is 5.11 Å². The van der Waals surface area contributed by atoms with Crippen molar-refractivity contribution < 1.29 is 14.7 Å². The average molecular weight is 263 g/mol. The van der Waals surface area contributed by atoms with Crippen molar-refractivity contribution in [1.82, 2.24) is 15.3 Å². The van der Waals surface area contributed by atoms with Crippen LogP contribution in [0.3, 0.4) is 0 Å². The molecule has 2 amide bonds. The van der Waals surface area contributed by atoms with Gasteiger partial charge < -0.3 is 10.0 Å². The fourth-order valence-corrected chi connectivity index (χ4v) is 1.95. The first-order valence-corrected chi connectivity index (χ1v) is 6.17. The number of amides is 2. The maximum Gasteiger partial charge on any atom is 0.265 e. The lowest BCUT2D eigenvalue weighted by Gasteiger charge is -2.34. The van der Waals surface area contributed by atoms with Crippen LogP contribution in [-0.4, -0.2) is 53.0 Å². The number of nitrogens with zero attached hydrogens (tertiary/aromatic N) is 2. The lowest BCUT2D eigenvalue weighted by molar-refractivity contribution is -0.130. The van der Waals surface area contributed by atoms with Gasteiger partial charge >= 0.3 is 0 Å². The summed E-state index contributed by atoms with van der Waals surface area (Å²) in [7, 11) is 0. The largest absolute Gasteiger partial charge is 0.508 e. The lowest BCUT2D eigenvalue weighted by Crippen LogP contribution is -2.54. The first kappa shape index (κ1) is 13.4. The third kappa shape index (κ3) is 3.45. The number of benzene rings is 1. The zero-order valence-electron chi connectivity index (χ0n) is 10.8. The zero-order chi connectivity index (χ0) is 13.8. The van der Waals surface area contributed by atoms with Crippen molar-refractivity contribution in [3.63, 3.8) is 0 Å². The van der Waals surface area contributed by atoms with E-state index in [1.54, 1.807) is 29.0 Å². The monoisotopic (exact) mass is 263 g/mol. The van der Waals surface area contributed by atoms with E-state index >= 15 is 0 Å². The van der Waals surface area contributed by atoms with Crippen molar-refractivity contribution in [3.05, 3.63) is 29.8 Å². The van der Waals surface area contributed by atoms with Crippen molar-refractivity contribution in [1.29, 1.82) is 0 Å². The van der Waals surface area contributed by atoms with Crippen molar-refractivity contribution in [2.24, 2.45) is 0 Å². The lowest BCUT2D eigenvalue weighted by atomic mass is 10.2. The van der Waals surface area contributed by atoms with Gasteiger partial charge in [0, 0.05) is 38.7 Å². The van der Waals surface area contributed by atoms with Crippen LogP contribution in [0, 0.1) is 0 Å². The fourth-order valence-electron chi connectivity index (χ4n) is 1.95. The van der Waals surface area contributed by atoms with Crippen LogP contribution in [0.15, 0.2) is 24.3 Å². The Morgan fingerprint density at radius 2 is 1.68 bits per heavy atom. The summed E-state index contributed by atoms with van der Waals surface area (Å²) >= 11 is 0. The highest BCUT2D eigenvalue weighted by molar-refractivity contribution is 5.93. The molecule has 0 saturated carbocycles. The third-order valence-corrected chi connectivity index (χ3v) is 3.11. The predicted molar refractivity (Wildman–Crippen MR) is 69.4 cm³/mol. The van der Waals surface area contributed by atoms with Crippen LogP contribution < -0.4 is 5.43 Å². The van der Waals surface area contributed by atoms with Gasteiger partial charge in [0.15, 0.2) is 0 Å². The number of phenols is 1. The van der Waals surface area contributed by atoms with Crippen molar-refractivity contribution in [3.8, 4) is 5.75 Å². The van der Waals surface area contributed by atoms with E-state index in [9.17, 15) is 9.59 Å². The SMILES string of the molecule is CC(=O)N1CCN(NC(=O)c2ccc(O)cc2)CC1. The molecule has 0 bridgehead atoms. The summed E-state index contributed by atoms with van der Waals surface area (Å²) in [6.45, 7) is 4.01. The minimum absolute atomic E-state index is 0.0597. The van der Waals surface area contributed by atoms with E-state index in [2.05, 4.69) is 5.43 Å². The number of carbonyl (C=O) groups is 2. The summed E-state index contributed by atoms with van der Waals surface area (Å²) in [5.41, 5.74) is 3.28. The van der Waals surface area contributed by atoms with Gasteiger partial charge in [0.05, 0.1) is 0 Å². The van der Waals surface area contributed by atoms with Gasteiger partial charge in [0.25, 0.3) is 5.91 Å². The first-order chi connectivity index (χ1) is 9.06. The van der Waals surface area contributed by atoms with Gasteiger partial charge in [-0.2, -0.15) is 0 Å². The minimum atomic E-state index is -0.212. The fraction of sp³-hybridized carbons (Fsp3) is 0.385. The van der Waals surface area contributed by atoms with Gasteiger partial charge in [0.1, 0.15) is 5.75 Å². The zero-order valence-corrected chi connectivity index (χ0v) is 10.8. The number of aromatic hydroxyl groups is 1. The van der Waals surface area contributed by atoms with E-state index in [1.807, 2.05) is 0 Å². The Morgan fingerprint density at radius 1 is 1.11 bits per heavy atom. The summed E-state index contributed by atoms with van der Waals surface area (Å²) in [6, 6.07) is 6.08. The Morgan fingerprint density at radius 3 is 2.21 bits per heavy atom. The molecule has 2 rings (SSSR count). The third-order valence-electron chi connectivity index (χ3n) is 3.11. The Bertz CT molecular complexity index is 465. The molecule has 0 radical (unpaired) electrons. The Labute approximate surface area is 111 Å². The highest BCUT2D eigenvalue weighted by Crippen LogP contribution is 2.09. The molecule has 1 aromatic rings. The molecule has 0 atom stereocenters. The molecular formula is C13H17N3O3. The van der Waals surface area contributed by atoms with Gasteiger partial charge in [0.2, 0.25) is 5.91 Å². The van der Waals surface area contributed by atoms with E-state index in [1.165, 1.54) is 12.1 Å². The second kappa shape index (κ2) is 5.71. The molecule has 1 aliphatic rings. The maximum atomic E-state index is 11.9. The molecule has 0 aromatic heterocycles. The molecule has 19 heavy (non-hydrogen) atoms. The number of hydrogen-bond acceptors (Lipinski definition) is 4. The molecular weight excluding hydrogens is 246 g/mol. The molecule has 2 N–H and O–H groups in total. The maximum absolute atomic E-state index is 11.9. The summed E-state index contributed by atoms with van der Waals surface area (Å²) in [4.78, 5) is 24.9. The van der Waals surface area contributed by atoms with Crippen LogP contribution in [0.2, 0.25) is 0 Å². The van der Waals surface area contributed by atoms with Crippen LogP contribution in [0.5, 0.6) is 5.75 Å². The topological polar surface area (TPSA) is 72.9 Å². The molecule has 1 heterocycles. The second-order valence-corrected chi connectivity index (χ2v) is 4.48. The van der Waals surface area contributed by atoms with E-state index in [0.29, 0.717) is 31.7 Å². The number of hydrogen-bond donors (Lipinski definition) is 2. The molecule has 0 spiro atoms. The van der Waals surface area contributed by atoms with Gasteiger partial charge in [-0.05, 0) is 24.3 Å². The number of hydrazine groups is 1. The van der Waals surface area contributed by atoms with E-state index in [0.717, 1.165) is 0 Å². The molecule has 1 aliphatic heterocycles. The van der Waals surface area contributed by atoms with Crippen LogP contribution in [0.1, 0.15) is 17.3 Å². The Kier molecular flexibility index (Phi) is 4.01. The van der Waals surface area contributed by atoms with Crippen molar-refractivity contribution in [2.75, 3.05) is 26.2 Å². The van der Waals surface area contributed by atoms with E-state index < -0.39 is 0 Å². The summed E-state index contributed by atoms with van der Waals surface area (Å²) < 4.78 is 0. The average Bonchev–Trinajstić information content (AvgIpc) is 2.40. The molecule has 6 nitrogen and oxygen atoms in total. The Hall–Kier alpha value is -2.08. The standard InChI is InChI=1S/C13H17N3O3/c1-10(17)15-6-8-16(9-7-15)14-13(19)11-2-4-12(18)5-3-11/h2-5,18H,6-9H2,1H3,(H,14,19). The van der Waals surface area contributed by atoms with Gasteiger partial charge in [-0.1, -0.05) is 0 Å². The van der Waals surface area contributed by atoms with Crippen LogP contribution in [-0.2, 0) is 4.79 Å². The second-order valence-electron chi connectivity index (χ2n) is 4.48. The Balaban J connectivity index is 1.87. The smallest absolute Gasteiger partial charge is 0.265 e. The summed E-state index contributed by atoms with van der Waals surface area (Å²) in [5, 5.41) is 11.0. The summed E-state index contributed by atoms with van der Waals surface area (Å²) in [5.74, 6) is -0.0209. The van der Waals surface area contributed by atoms with Crippen molar-refractivity contribution >= 4 is 11.8 Å². The highest BCUT2D eigenvalue weighted by Gasteiger charge is 2.20. The molecule has 6 heteroatoms. The van der Waals surface area contributed by atoms with Gasteiger partial charge in [-0.25, -0.2) is 5.01 Å². The van der Waals surface area contributed by atoms with Gasteiger partial charge in [-0.3, -0.25) is 15.0 Å². The number of carbonyl (C=O) groups excluding carboxylic acids is 2. The summed E-state index contributed by atoms with van der Waals surface area (Å²) in [6.07, 6.45) is 0. The molecule has 1 fully saturated rings. The minimum Gasteiger partial charge on any atom is -0.508 e. The molecule has 0 unspecified atom stereocenters. The predicted octanol–water partition coefficient (Wildman–Crippen LogP) is 0.201. The van der Waals surface area contributed by atoms with Crippen LogP contribution in [0.4, 0.5) is 0 Å². The normalized spacial score (nSPS) is 16.2. The molecule has 1 saturated heterocycles. The molecule has 1 aromatic carbocycles. The first-order valence-electron chi connectivity index (χ1n) is 6.17. The van der Waals surface area contributed by atoms with Gasteiger partial charge in [-0.15, -0.1) is 0 Å². The molecule has 102 valence electrons. The van der Waals surface area contributed by atoms with Crippen LogP contribution >= 0.6 is 0 Å². The number of rotatable bonds is 2. The van der Waals surface area contributed by atoms with Crippen molar-refractivity contribution in [2.45, 2.75) is 6.92 Å². The quantitative estimate of drug-likeness (QED) is 0.799. The molecule has 0 aliphatic carbocycles. The van der Waals surface area contributed by atoms with Crippen LogP contribution in [0.25, 0.3) is 0 Å². The highest BCUT2D eigenvalue weighted by atomic mass is 16.3.